The third-order valence-corrected chi connectivity index (χ3v) is 5.80. The minimum Gasteiger partial charge on any atom is -0.325 e. The molecule has 0 atom stereocenters. The molecule has 0 fully saturated rings. The maximum atomic E-state index is 13.5. The van der Waals surface area contributed by atoms with Crippen molar-refractivity contribution >= 4 is 28.1 Å². The summed E-state index contributed by atoms with van der Waals surface area (Å²) in [4.78, 5) is 6.98. The van der Waals surface area contributed by atoms with Gasteiger partial charge in [-0.05, 0) is 42.6 Å². The van der Waals surface area contributed by atoms with E-state index in [-0.39, 0.29) is 5.82 Å². The molecule has 2 heterocycles. The smallest absolute Gasteiger partial charge is 0.148 e. The van der Waals surface area contributed by atoms with Crippen LogP contribution in [0.15, 0.2) is 66.2 Å². The zero-order valence-electron chi connectivity index (χ0n) is 17.9. The lowest BCUT2D eigenvalue weighted by Gasteiger charge is -2.31. The van der Waals surface area contributed by atoms with Gasteiger partial charge in [-0.1, -0.05) is 75.7 Å². The monoisotopic (exact) mass is 421 g/mol. The van der Waals surface area contributed by atoms with Crippen LogP contribution in [0.25, 0.3) is 5.70 Å². The van der Waals surface area contributed by atoms with Gasteiger partial charge in [0.1, 0.15) is 16.7 Å². The minimum absolute atomic E-state index is 0.211. The topological polar surface area (TPSA) is 28.5 Å². The van der Waals surface area contributed by atoms with E-state index in [4.69, 9.17) is 4.99 Å². The number of hydrogen-bond acceptors (Lipinski definition) is 4. The molecule has 0 spiro atoms. The Balaban J connectivity index is 0.000000589. The molecule has 3 nitrogen and oxygen atoms in total. The molecule has 2 aromatic carbocycles. The number of hydrogen-bond donors (Lipinski definition) is 0. The Morgan fingerprint density at radius 1 is 1.03 bits per heavy atom. The van der Waals surface area contributed by atoms with Crippen LogP contribution in [-0.2, 0) is 6.42 Å². The van der Waals surface area contributed by atoms with Crippen LogP contribution in [0.4, 0.5) is 9.39 Å². The van der Waals surface area contributed by atoms with Gasteiger partial charge in [-0.15, -0.1) is 0 Å². The number of fused-ring (bicyclic) bond motifs is 1. The summed E-state index contributed by atoms with van der Waals surface area (Å²) < 4.78 is 17.9. The van der Waals surface area contributed by atoms with Crippen molar-refractivity contribution in [3.05, 3.63) is 89.4 Å². The van der Waals surface area contributed by atoms with Crippen LogP contribution in [-0.4, -0.2) is 21.7 Å². The van der Waals surface area contributed by atoms with Crippen LogP contribution in [0.1, 0.15) is 49.1 Å². The Labute approximate surface area is 182 Å². The first-order chi connectivity index (χ1) is 14.5. The molecule has 3 aromatic rings. The van der Waals surface area contributed by atoms with Crippen LogP contribution < -0.4 is 0 Å². The van der Waals surface area contributed by atoms with E-state index in [1.165, 1.54) is 30.4 Å². The molecule has 4 rings (SSSR count). The molecule has 0 bridgehead atoms. The van der Waals surface area contributed by atoms with E-state index >= 15 is 0 Å². The Morgan fingerprint density at radius 2 is 1.77 bits per heavy atom. The number of halogens is 1. The van der Waals surface area contributed by atoms with Crippen molar-refractivity contribution in [2.24, 2.45) is 4.99 Å². The van der Waals surface area contributed by atoms with Gasteiger partial charge in [-0.2, -0.15) is 4.37 Å². The van der Waals surface area contributed by atoms with Crippen molar-refractivity contribution < 1.29 is 4.39 Å². The van der Waals surface area contributed by atoms with Crippen LogP contribution >= 0.6 is 11.5 Å². The van der Waals surface area contributed by atoms with Crippen LogP contribution in [0, 0.1) is 12.7 Å². The molecule has 1 aliphatic rings. The fraction of sp³-hybridized carbons (Fsp3) is 0.280. The Kier molecular flexibility index (Phi) is 7.52. The average molecular weight is 422 g/mol. The van der Waals surface area contributed by atoms with Crippen molar-refractivity contribution in [2.75, 3.05) is 6.54 Å². The molecule has 0 saturated carbocycles. The second-order valence-electron chi connectivity index (χ2n) is 7.23. The summed E-state index contributed by atoms with van der Waals surface area (Å²) in [6, 6.07) is 16.8. The summed E-state index contributed by atoms with van der Waals surface area (Å²) in [7, 11) is 0. The Hall–Kier alpha value is -2.79. The van der Waals surface area contributed by atoms with Gasteiger partial charge in [-0.3, -0.25) is 0 Å². The summed E-state index contributed by atoms with van der Waals surface area (Å²) in [6.07, 6.45) is 3.34. The molecule has 0 saturated heterocycles. The highest BCUT2D eigenvalue weighted by atomic mass is 32.1. The number of aliphatic imine (C=N–C) groups is 1. The molecule has 0 aliphatic carbocycles. The third kappa shape index (κ3) is 5.03. The van der Waals surface area contributed by atoms with E-state index in [1.54, 1.807) is 12.1 Å². The Morgan fingerprint density at radius 3 is 2.43 bits per heavy atom. The van der Waals surface area contributed by atoms with Crippen LogP contribution in [0.5, 0.6) is 0 Å². The predicted molar refractivity (Wildman–Crippen MR) is 126 cm³/mol. The zero-order chi connectivity index (χ0) is 21.5. The molecule has 5 heteroatoms. The molecule has 1 aliphatic heterocycles. The molecule has 0 N–H and O–H groups in total. The van der Waals surface area contributed by atoms with E-state index in [0.29, 0.717) is 13.0 Å². The SMILES string of the molecule is C=C1c2c(C)nsc2N=C(c2ccccc2)N1CCc1cccc(F)c1.CCCC. The third-order valence-electron chi connectivity index (χ3n) is 4.97. The van der Waals surface area contributed by atoms with E-state index in [2.05, 4.69) is 29.7 Å². The van der Waals surface area contributed by atoms with Gasteiger partial charge < -0.3 is 4.90 Å². The van der Waals surface area contributed by atoms with Crippen LogP contribution in [0.2, 0.25) is 0 Å². The largest absolute Gasteiger partial charge is 0.325 e. The molecule has 30 heavy (non-hydrogen) atoms. The fourth-order valence-electron chi connectivity index (χ4n) is 3.17. The van der Waals surface area contributed by atoms with Gasteiger partial charge in [-0.25, -0.2) is 9.38 Å². The summed E-state index contributed by atoms with van der Waals surface area (Å²) >= 11 is 1.40. The second-order valence-corrected chi connectivity index (χ2v) is 7.98. The highest BCUT2D eigenvalue weighted by molar-refractivity contribution is 7.10. The Bertz CT molecular complexity index is 1020. The predicted octanol–water partition coefficient (Wildman–Crippen LogP) is 7.00. The molecule has 0 radical (unpaired) electrons. The number of rotatable bonds is 5. The number of amidine groups is 1. The molecule has 0 unspecified atom stereocenters. The van der Waals surface area contributed by atoms with Crippen molar-refractivity contribution in [1.82, 2.24) is 9.27 Å². The van der Waals surface area contributed by atoms with E-state index in [1.807, 2.05) is 43.3 Å². The lowest BCUT2D eigenvalue weighted by Crippen LogP contribution is -2.33. The highest BCUT2D eigenvalue weighted by Crippen LogP contribution is 2.39. The van der Waals surface area contributed by atoms with E-state index < -0.39 is 0 Å². The summed E-state index contributed by atoms with van der Waals surface area (Å²) in [5.41, 5.74) is 4.84. The maximum absolute atomic E-state index is 13.5. The second kappa shape index (κ2) is 10.3. The minimum atomic E-state index is -0.211. The summed E-state index contributed by atoms with van der Waals surface area (Å²) in [5.74, 6) is 0.653. The zero-order valence-corrected chi connectivity index (χ0v) is 18.7. The van der Waals surface area contributed by atoms with Gasteiger partial charge >= 0.3 is 0 Å². The quantitative estimate of drug-likeness (QED) is 0.443. The van der Waals surface area contributed by atoms with Gasteiger partial charge in [0.25, 0.3) is 0 Å². The molecular weight excluding hydrogens is 393 g/mol. The average Bonchev–Trinajstić information content (AvgIpc) is 3.14. The van der Waals surface area contributed by atoms with Crippen molar-refractivity contribution in [3.8, 4) is 0 Å². The first kappa shape index (κ1) is 21.9. The van der Waals surface area contributed by atoms with Crippen molar-refractivity contribution in [1.29, 1.82) is 0 Å². The number of aryl methyl sites for hydroxylation is 1. The number of benzene rings is 2. The molecule has 0 amide bonds. The summed E-state index contributed by atoms with van der Waals surface area (Å²) in [5, 5.41) is 0.897. The maximum Gasteiger partial charge on any atom is 0.148 e. The number of aromatic nitrogens is 1. The normalized spacial score (nSPS) is 12.7. The van der Waals surface area contributed by atoms with E-state index in [0.717, 1.165) is 38.9 Å². The molecule has 156 valence electrons. The first-order valence-electron chi connectivity index (χ1n) is 10.4. The number of unbranched alkanes of at least 4 members (excludes halogenated alkanes) is 1. The van der Waals surface area contributed by atoms with Gasteiger partial charge in [0.2, 0.25) is 0 Å². The summed E-state index contributed by atoms with van der Waals surface area (Å²) in [6.45, 7) is 11.3. The lowest BCUT2D eigenvalue weighted by atomic mass is 10.1. The van der Waals surface area contributed by atoms with Crippen molar-refractivity contribution in [2.45, 2.75) is 40.0 Å². The fourth-order valence-corrected chi connectivity index (χ4v) is 3.97. The van der Waals surface area contributed by atoms with Crippen LogP contribution in [0.3, 0.4) is 0 Å². The van der Waals surface area contributed by atoms with Gasteiger partial charge in [0.05, 0.1) is 11.3 Å². The number of nitrogens with zero attached hydrogens (tertiary/aromatic N) is 3. The lowest BCUT2D eigenvalue weighted by molar-refractivity contribution is 0.574. The van der Waals surface area contributed by atoms with Crippen molar-refractivity contribution in [3.63, 3.8) is 0 Å². The molecule has 1 aromatic heterocycles. The van der Waals surface area contributed by atoms with E-state index in [9.17, 15) is 4.39 Å². The molecular formula is C25H28FN3S. The standard InChI is InChI=1S/C21H18FN3S.C4H10/c1-14-19-15(2)25(12-11-16-7-6-10-18(22)13-16)20(23-21(19)26-24-14)17-8-4-3-5-9-17;1-3-4-2/h3-10,13H,2,11-12H2,1H3;3-4H2,1-2H3. The van der Waals surface area contributed by atoms with Gasteiger partial charge in [0, 0.05) is 17.8 Å². The first-order valence-corrected chi connectivity index (χ1v) is 11.1. The highest BCUT2D eigenvalue weighted by Gasteiger charge is 2.27. The van der Waals surface area contributed by atoms with Gasteiger partial charge in [0.15, 0.2) is 0 Å².